The number of carbonyl (C=O) groups excluding carboxylic acids is 1. The second-order valence-electron chi connectivity index (χ2n) is 6.01. The fraction of sp³-hybridized carbons (Fsp3) is 0.471. The first-order chi connectivity index (χ1) is 10.6. The molecule has 5 nitrogen and oxygen atoms in total. The molecule has 118 valence electrons. The standard InChI is InChI=1S/C17H23N3O2/c1-2-8-20-9-5-13-3-4-14(12-15(13)20)19-16(21)17(18)6-10-22-11-7-17/h3-5,9,12H,2,6-8,10-11,18H2,1H3,(H,19,21). The maximum Gasteiger partial charge on any atom is 0.244 e. The number of nitrogens with zero attached hydrogens (tertiary/aromatic N) is 1. The summed E-state index contributed by atoms with van der Waals surface area (Å²) in [4.78, 5) is 12.5. The van der Waals surface area contributed by atoms with Gasteiger partial charge in [0.05, 0.1) is 5.52 Å². The number of benzene rings is 1. The number of aromatic nitrogens is 1. The van der Waals surface area contributed by atoms with Crippen molar-refractivity contribution < 1.29 is 9.53 Å². The second kappa shape index (κ2) is 6.10. The first-order valence-corrected chi connectivity index (χ1v) is 7.89. The fourth-order valence-corrected chi connectivity index (χ4v) is 2.92. The highest BCUT2D eigenvalue weighted by molar-refractivity contribution is 5.99. The van der Waals surface area contributed by atoms with Crippen LogP contribution in [0.5, 0.6) is 0 Å². The Morgan fingerprint density at radius 2 is 2.14 bits per heavy atom. The van der Waals surface area contributed by atoms with Crippen LogP contribution < -0.4 is 11.1 Å². The summed E-state index contributed by atoms with van der Waals surface area (Å²) >= 11 is 0. The number of amides is 1. The molecule has 22 heavy (non-hydrogen) atoms. The summed E-state index contributed by atoms with van der Waals surface area (Å²) in [5, 5.41) is 4.15. The summed E-state index contributed by atoms with van der Waals surface area (Å²) < 4.78 is 7.50. The topological polar surface area (TPSA) is 69.3 Å². The van der Waals surface area contributed by atoms with Crippen LogP contribution in [0.3, 0.4) is 0 Å². The first-order valence-electron chi connectivity index (χ1n) is 7.89. The summed E-state index contributed by atoms with van der Waals surface area (Å²) in [6.45, 7) is 4.21. The van der Waals surface area contributed by atoms with E-state index in [1.54, 1.807) is 0 Å². The lowest BCUT2D eigenvalue weighted by atomic mass is 9.90. The van der Waals surface area contributed by atoms with Gasteiger partial charge in [-0.15, -0.1) is 0 Å². The van der Waals surface area contributed by atoms with Crippen molar-refractivity contribution in [1.82, 2.24) is 4.57 Å². The van der Waals surface area contributed by atoms with Gasteiger partial charge in [-0.2, -0.15) is 0 Å². The molecule has 1 aromatic heterocycles. The predicted octanol–water partition coefficient (Wildman–Crippen LogP) is 2.50. The van der Waals surface area contributed by atoms with Crippen LogP contribution in [0.4, 0.5) is 5.69 Å². The Kier molecular flexibility index (Phi) is 4.18. The van der Waals surface area contributed by atoms with Crippen LogP contribution in [0.2, 0.25) is 0 Å². The van der Waals surface area contributed by atoms with E-state index in [-0.39, 0.29) is 5.91 Å². The third-order valence-electron chi connectivity index (χ3n) is 4.33. The Morgan fingerprint density at radius 1 is 1.36 bits per heavy atom. The largest absolute Gasteiger partial charge is 0.381 e. The molecule has 1 saturated heterocycles. The van der Waals surface area contributed by atoms with Crippen molar-refractivity contribution >= 4 is 22.5 Å². The Balaban J connectivity index is 1.81. The molecule has 0 unspecified atom stereocenters. The van der Waals surface area contributed by atoms with Gasteiger partial charge in [-0.3, -0.25) is 4.79 Å². The molecule has 2 aromatic rings. The van der Waals surface area contributed by atoms with E-state index in [4.69, 9.17) is 10.5 Å². The minimum atomic E-state index is -0.821. The molecule has 3 rings (SSSR count). The number of hydrogen-bond donors (Lipinski definition) is 2. The smallest absolute Gasteiger partial charge is 0.244 e. The zero-order chi connectivity index (χ0) is 15.6. The number of hydrogen-bond acceptors (Lipinski definition) is 3. The molecule has 0 radical (unpaired) electrons. The van der Waals surface area contributed by atoms with Crippen LogP contribution in [0, 0.1) is 0 Å². The SMILES string of the molecule is CCCn1ccc2ccc(NC(=O)C3(N)CCOCC3)cc21. The molecule has 0 atom stereocenters. The number of aryl methyl sites for hydroxylation is 1. The van der Waals surface area contributed by atoms with Crippen LogP contribution in [-0.4, -0.2) is 29.2 Å². The predicted molar refractivity (Wildman–Crippen MR) is 87.8 cm³/mol. The Hall–Kier alpha value is -1.85. The van der Waals surface area contributed by atoms with Gasteiger partial charge in [0, 0.05) is 31.6 Å². The molecule has 1 aliphatic heterocycles. The van der Waals surface area contributed by atoms with Gasteiger partial charge < -0.3 is 20.4 Å². The molecular weight excluding hydrogens is 278 g/mol. The van der Waals surface area contributed by atoms with Gasteiger partial charge in [0.1, 0.15) is 5.54 Å². The van der Waals surface area contributed by atoms with E-state index in [1.165, 1.54) is 5.39 Å². The van der Waals surface area contributed by atoms with Crippen molar-refractivity contribution in [2.75, 3.05) is 18.5 Å². The quantitative estimate of drug-likeness (QED) is 0.911. The summed E-state index contributed by atoms with van der Waals surface area (Å²) in [7, 11) is 0. The number of nitrogens with one attached hydrogen (secondary N) is 1. The second-order valence-corrected chi connectivity index (χ2v) is 6.01. The van der Waals surface area contributed by atoms with Crippen molar-refractivity contribution in [1.29, 1.82) is 0 Å². The average Bonchev–Trinajstić information content (AvgIpc) is 2.91. The molecule has 1 amide bonds. The zero-order valence-corrected chi connectivity index (χ0v) is 13.0. The summed E-state index contributed by atoms with van der Waals surface area (Å²) in [5.41, 5.74) is 7.34. The Bertz CT molecular complexity index is 672. The lowest BCUT2D eigenvalue weighted by molar-refractivity contribution is -0.124. The van der Waals surface area contributed by atoms with Gasteiger partial charge in [0.2, 0.25) is 5.91 Å². The Labute approximate surface area is 130 Å². The van der Waals surface area contributed by atoms with Crippen LogP contribution in [0.15, 0.2) is 30.5 Å². The molecule has 1 aliphatic rings. The van der Waals surface area contributed by atoms with Crippen molar-refractivity contribution in [3.05, 3.63) is 30.5 Å². The van der Waals surface area contributed by atoms with E-state index in [1.807, 2.05) is 18.2 Å². The van der Waals surface area contributed by atoms with E-state index in [0.29, 0.717) is 26.1 Å². The highest BCUT2D eigenvalue weighted by atomic mass is 16.5. The number of ether oxygens (including phenoxy) is 1. The first kappa shape index (κ1) is 15.1. The normalized spacial score (nSPS) is 17.5. The lowest BCUT2D eigenvalue weighted by Crippen LogP contribution is -2.54. The summed E-state index contributed by atoms with van der Waals surface area (Å²) in [5.74, 6) is -0.122. The molecule has 3 N–H and O–H groups in total. The van der Waals surface area contributed by atoms with Crippen molar-refractivity contribution in [2.45, 2.75) is 38.3 Å². The minimum Gasteiger partial charge on any atom is -0.381 e. The molecule has 1 aromatic carbocycles. The number of fused-ring (bicyclic) bond motifs is 1. The maximum atomic E-state index is 12.5. The van der Waals surface area contributed by atoms with E-state index >= 15 is 0 Å². The number of nitrogens with two attached hydrogens (primary N) is 1. The molecule has 5 heteroatoms. The molecule has 0 aliphatic carbocycles. The Morgan fingerprint density at radius 3 is 2.86 bits per heavy atom. The van der Waals surface area contributed by atoms with E-state index < -0.39 is 5.54 Å². The minimum absolute atomic E-state index is 0.122. The molecule has 1 fully saturated rings. The molecule has 0 bridgehead atoms. The van der Waals surface area contributed by atoms with E-state index in [2.05, 4.69) is 29.1 Å². The third kappa shape index (κ3) is 2.87. The number of rotatable bonds is 4. The van der Waals surface area contributed by atoms with Gasteiger partial charge in [-0.05, 0) is 42.8 Å². The van der Waals surface area contributed by atoms with Crippen LogP contribution in [0.25, 0.3) is 10.9 Å². The van der Waals surface area contributed by atoms with Crippen molar-refractivity contribution in [2.24, 2.45) is 5.73 Å². The molecule has 2 heterocycles. The van der Waals surface area contributed by atoms with Crippen LogP contribution in [-0.2, 0) is 16.1 Å². The van der Waals surface area contributed by atoms with Gasteiger partial charge in [-0.1, -0.05) is 13.0 Å². The fourth-order valence-electron chi connectivity index (χ4n) is 2.92. The molecular formula is C17H23N3O2. The highest BCUT2D eigenvalue weighted by Gasteiger charge is 2.35. The maximum absolute atomic E-state index is 12.5. The van der Waals surface area contributed by atoms with E-state index in [9.17, 15) is 4.79 Å². The lowest BCUT2D eigenvalue weighted by Gasteiger charge is -2.31. The zero-order valence-electron chi connectivity index (χ0n) is 13.0. The summed E-state index contributed by atoms with van der Waals surface area (Å²) in [6, 6.07) is 8.08. The van der Waals surface area contributed by atoms with Crippen LogP contribution in [0.1, 0.15) is 26.2 Å². The average molecular weight is 301 g/mol. The molecule has 0 spiro atoms. The van der Waals surface area contributed by atoms with Gasteiger partial charge in [-0.25, -0.2) is 0 Å². The number of anilines is 1. The van der Waals surface area contributed by atoms with Gasteiger partial charge in [0.15, 0.2) is 0 Å². The number of carbonyl (C=O) groups is 1. The third-order valence-corrected chi connectivity index (χ3v) is 4.33. The van der Waals surface area contributed by atoms with Crippen LogP contribution >= 0.6 is 0 Å². The highest BCUT2D eigenvalue weighted by Crippen LogP contribution is 2.24. The van der Waals surface area contributed by atoms with Gasteiger partial charge >= 0.3 is 0 Å². The monoisotopic (exact) mass is 301 g/mol. The van der Waals surface area contributed by atoms with Gasteiger partial charge in [0.25, 0.3) is 0 Å². The molecule has 0 saturated carbocycles. The van der Waals surface area contributed by atoms with Crippen molar-refractivity contribution in [3.63, 3.8) is 0 Å². The van der Waals surface area contributed by atoms with E-state index in [0.717, 1.165) is 24.2 Å². The summed E-state index contributed by atoms with van der Waals surface area (Å²) in [6.07, 6.45) is 4.29. The van der Waals surface area contributed by atoms with Crippen molar-refractivity contribution in [3.8, 4) is 0 Å².